The summed E-state index contributed by atoms with van der Waals surface area (Å²) in [7, 11) is -1.41. The quantitative estimate of drug-likeness (QED) is 0.606. The van der Waals surface area contributed by atoms with Gasteiger partial charge >= 0.3 is 0 Å². The molecule has 1 saturated heterocycles. The van der Waals surface area contributed by atoms with E-state index in [4.69, 9.17) is 9.16 Å². The van der Waals surface area contributed by atoms with E-state index in [0.717, 1.165) is 13.2 Å². The fourth-order valence-corrected chi connectivity index (χ4v) is 1.59. The molecule has 1 aliphatic heterocycles. The van der Waals surface area contributed by atoms with E-state index in [1.165, 1.54) is 0 Å². The molecule has 0 aromatic carbocycles. The highest BCUT2D eigenvalue weighted by atomic mass is 28.4. The summed E-state index contributed by atoms with van der Waals surface area (Å²) in [6.07, 6.45) is -0.133. The lowest BCUT2D eigenvalue weighted by atomic mass is 10.7. The Morgan fingerprint density at radius 2 is 2.20 bits per heavy atom. The molecule has 1 fully saturated rings. The number of rotatable bonds is 2. The minimum Gasteiger partial charge on any atom is -0.382 e. The van der Waals surface area contributed by atoms with E-state index in [2.05, 4.69) is 25.0 Å². The normalized spacial score (nSPS) is 27.3. The van der Waals surface area contributed by atoms with Crippen molar-refractivity contribution in [3.05, 3.63) is 0 Å². The van der Waals surface area contributed by atoms with Crippen molar-refractivity contribution in [1.29, 1.82) is 0 Å². The molecule has 1 rings (SSSR count). The number of nitrogens with one attached hydrogen (secondary N) is 1. The molecule has 0 aliphatic carbocycles. The molecule has 1 atom stereocenters. The van der Waals surface area contributed by atoms with Gasteiger partial charge in [-0.2, -0.15) is 0 Å². The topological polar surface area (TPSA) is 30.5 Å². The van der Waals surface area contributed by atoms with Crippen LogP contribution in [0.1, 0.15) is 0 Å². The fourth-order valence-electron chi connectivity index (χ4n) is 0.798. The summed E-state index contributed by atoms with van der Waals surface area (Å²) < 4.78 is 10.8. The van der Waals surface area contributed by atoms with Crippen LogP contribution in [0.25, 0.3) is 0 Å². The maximum Gasteiger partial charge on any atom is 0.206 e. The monoisotopic (exact) mass is 161 g/mol. The first kappa shape index (κ1) is 8.20. The minimum absolute atomic E-state index is 0.133. The standard InChI is InChI=1S/C6H15NO2Si/c1-10(2,3)9-6-7-4-5-8-6/h6-7H,4-5H2,1-3H3. The third kappa shape index (κ3) is 2.79. The molecule has 0 bridgehead atoms. The molecule has 0 aromatic rings. The SMILES string of the molecule is C[Si](C)(C)OC1NCCO1. The summed E-state index contributed by atoms with van der Waals surface area (Å²) in [4.78, 5) is 0. The van der Waals surface area contributed by atoms with Crippen molar-refractivity contribution in [1.82, 2.24) is 5.32 Å². The Labute approximate surface area is 62.8 Å². The van der Waals surface area contributed by atoms with E-state index < -0.39 is 8.32 Å². The molecule has 3 nitrogen and oxygen atoms in total. The lowest BCUT2D eigenvalue weighted by Crippen LogP contribution is -2.37. The summed E-state index contributed by atoms with van der Waals surface area (Å²) in [6.45, 7) is 8.13. The van der Waals surface area contributed by atoms with Crippen molar-refractivity contribution in [3.8, 4) is 0 Å². The summed E-state index contributed by atoms with van der Waals surface area (Å²) >= 11 is 0. The second kappa shape index (κ2) is 3.00. The summed E-state index contributed by atoms with van der Waals surface area (Å²) in [5.74, 6) is 0. The molecule has 10 heavy (non-hydrogen) atoms. The molecule has 1 aliphatic rings. The van der Waals surface area contributed by atoms with Gasteiger partial charge in [-0.05, 0) is 19.6 Å². The van der Waals surface area contributed by atoms with Gasteiger partial charge in [0.1, 0.15) is 0 Å². The smallest absolute Gasteiger partial charge is 0.206 e. The van der Waals surface area contributed by atoms with Crippen LogP contribution < -0.4 is 5.32 Å². The molecule has 0 spiro atoms. The largest absolute Gasteiger partial charge is 0.382 e. The van der Waals surface area contributed by atoms with Crippen molar-refractivity contribution < 1.29 is 9.16 Å². The van der Waals surface area contributed by atoms with Gasteiger partial charge in [-0.15, -0.1) is 0 Å². The van der Waals surface area contributed by atoms with Gasteiger partial charge in [-0.3, -0.25) is 5.32 Å². The average molecular weight is 161 g/mol. The van der Waals surface area contributed by atoms with Crippen LogP contribution in [0.3, 0.4) is 0 Å². The van der Waals surface area contributed by atoms with Crippen molar-refractivity contribution >= 4 is 8.32 Å². The Morgan fingerprint density at radius 1 is 1.50 bits per heavy atom. The Hall–Kier alpha value is 0.0969. The van der Waals surface area contributed by atoms with Gasteiger partial charge < -0.3 is 9.16 Å². The third-order valence-electron chi connectivity index (χ3n) is 1.14. The van der Waals surface area contributed by atoms with Crippen LogP contribution in [0.5, 0.6) is 0 Å². The van der Waals surface area contributed by atoms with Crippen LogP contribution >= 0.6 is 0 Å². The van der Waals surface area contributed by atoms with Crippen LogP contribution in [-0.4, -0.2) is 27.9 Å². The van der Waals surface area contributed by atoms with Crippen LogP contribution in [-0.2, 0) is 9.16 Å². The van der Waals surface area contributed by atoms with Gasteiger partial charge in [0.2, 0.25) is 6.41 Å². The van der Waals surface area contributed by atoms with Crippen LogP contribution in [0.4, 0.5) is 0 Å². The zero-order valence-electron chi connectivity index (χ0n) is 6.81. The van der Waals surface area contributed by atoms with Gasteiger partial charge in [0.05, 0.1) is 6.61 Å². The second-order valence-corrected chi connectivity index (χ2v) is 7.85. The highest BCUT2D eigenvalue weighted by Crippen LogP contribution is 2.08. The molecule has 1 heterocycles. The van der Waals surface area contributed by atoms with Crippen molar-refractivity contribution in [3.63, 3.8) is 0 Å². The predicted molar refractivity (Wildman–Crippen MR) is 42.2 cm³/mol. The lowest BCUT2D eigenvalue weighted by molar-refractivity contribution is -0.0576. The van der Waals surface area contributed by atoms with E-state index in [-0.39, 0.29) is 6.41 Å². The second-order valence-electron chi connectivity index (χ2n) is 3.39. The maximum absolute atomic E-state index is 5.60. The first-order chi connectivity index (χ1) is 4.58. The van der Waals surface area contributed by atoms with Gasteiger partial charge in [0.25, 0.3) is 0 Å². The van der Waals surface area contributed by atoms with Gasteiger partial charge in [-0.25, -0.2) is 0 Å². The highest BCUT2D eigenvalue weighted by Gasteiger charge is 2.23. The molecular weight excluding hydrogens is 146 g/mol. The van der Waals surface area contributed by atoms with Crippen molar-refractivity contribution in [2.75, 3.05) is 13.2 Å². The van der Waals surface area contributed by atoms with Gasteiger partial charge in [-0.1, -0.05) is 0 Å². The van der Waals surface area contributed by atoms with E-state index in [9.17, 15) is 0 Å². The zero-order chi connectivity index (χ0) is 7.61. The molecule has 60 valence electrons. The zero-order valence-corrected chi connectivity index (χ0v) is 7.81. The molecule has 4 heteroatoms. The summed E-state index contributed by atoms with van der Waals surface area (Å²) in [6, 6.07) is 0. The maximum atomic E-state index is 5.60. The number of ether oxygens (including phenoxy) is 1. The highest BCUT2D eigenvalue weighted by molar-refractivity contribution is 6.69. The summed E-state index contributed by atoms with van der Waals surface area (Å²) in [5.41, 5.74) is 0. The predicted octanol–water partition coefficient (Wildman–Crippen LogP) is 0.741. The van der Waals surface area contributed by atoms with E-state index in [1.54, 1.807) is 0 Å². The molecule has 0 radical (unpaired) electrons. The van der Waals surface area contributed by atoms with E-state index >= 15 is 0 Å². The fraction of sp³-hybridized carbons (Fsp3) is 1.00. The Bertz CT molecular complexity index is 107. The molecule has 1 N–H and O–H groups in total. The third-order valence-corrected chi connectivity index (χ3v) is 2.06. The van der Waals surface area contributed by atoms with Crippen LogP contribution in [0.2, 0.25) is 19.6 Å². The lowest BCUT2D eigenvalue weighted by Gasteiger charge is -2.21. The Balaban J connectivity index is 2.24. The van der Waals surface area contributed by atoms with E-state index in [0.29, 0.717) is 0 Å². The number of hydrogen-bond donors (Lipinski definition) is 1. The van der Waals surface area contributed by atoms with Crippen LogP contribution in [0, 0.1) is 0 Å². The Kier molecular flexibility index (Phi) is 2.46. The van der Waals surface area contributed by atoms with Gasteiger partial charge in [0, 0.05) is 6.54 Å². The molecule has 0 aromatic heterocycles. The number of hydrogen-bond acceptors (Lipinski definition) is 3. The minimum atomic E-state index is -1.41. The van der Waals surface area contributed by atoms with Crippen molar-refractivity contribution in [2.45, 2.75) is 26.1 Å². The van der Waals surface area contributed by atoms with Gasteiger partial charge in [0.15, 0.2) is 8.32 Å². The first-order valence-corrected chi connectivity index (χ1v) is 7.01. The molecule has 0 amide bonds. The average Bonchev–Trinajstić information content (AvgIpc) is 2.12. The first-order valence-electron chi connectivity index (χ1n) is 3.61. The molecular formula is C6H15NO2Si. The molecule has 0 saturated carbocycles. The van der Waals surface area contributed by atoms with Crippen molar-refractivity contribution in [2.24, 2.45) is 0 Å². The van der Waals surface area contributed by atoms with E-state index in [1.807, 2.05) is 0 Å². The molecule has 1 unspecified atom stereocenters. The summed E-state index contributed by atoms with van der Waals surface area (Å²) in [5, 5.41) is 3.10. The Morgan fingerprint density at radius 3 is 2.60 bits per heavy atom. The van der Waals surface area contributed by atoms with Crippen LogP contribution in [0.15, 0.2) is 0 Å².